The third-order valence-electron chi connectivity index (χ3n) is 2.70. The molecule has 1 aliphatic heterocycles. The van der Waals surface area contributed by atoms with Crippen molar-refractivity contribution >= 4 is 35.8 Å². The molecule has 0 spiro atoms. The van der Waals surface area contributed by atoms with E-state index in [1.54, 1.807) is 6.07 Å². The van der Waals surface area contributed by atoms with Crippen molar-refractivity contribution in [2.75, 3.05) is 11.5 Å². The number of hydrogen-bond donors (Lipinski definition) is 1. The normalized spacial score (nSPS) is 22.3. The van der Waals surface area contributed by atoms with Crippen LogP contribution in [0.15, 0.2) is 27.6 Å². The lowest BCUT2D eigenvalue weighted by Gasteiger charge is -2.15. The smallest absolute Gasteiger partial charge is 0.241 e. The van der Waals surface area contributed by atoms with E-state index in [0.717, 1.165) is 0 Å². The summed E-state index contributed by atoms with van der Waals surface area (Å²) >= 11 is 3.15. The highest BCUT2D eigenvalue weighted by molar-refractivity contribution is 9.10. The van der Waals surface area contributed by atoms with E-state index in [0.29, 0.717) is 10.9 Å². The van der Waals surface area contributed by atoms with Crippen LogP contribution in [-0.4, -0.2) is 34.4 Å². The van der Waals surface area contributed by atoms with Gasteiger partial charge in [-0.05, 0) is 24.6 Å². The van der Waals surface area contributed by atoms with Gasteiger partial charge in [-0.15, -0.1) is 0 Å². The average molecular weight is 370 g/mol. The number of primary sulfonamides is 1. The molecule has 2 N–H and O–H groups in total. The van der Waals surface area contributed by atoms with Crippen molar-refractivity contribution < 1.29 is 21.6 Å². The lowest BCUT2D eigenvalue weighted by molar-refractivity contribution is 0.223. The fraction of sp³-hybridized carbons (Fsp3) is 0.400. The van der Waals surface area contributed by atoms with Crippen LogP contribution in [0, 0.1) is 0 Å². The first-order chi connectivity index (χ1) is 8.67. The van der Waals surface area contributed by atoms with E-state index in [1.807, 2.05) is 0 Å². The van der Waals surface area contributed by atoms with Crippen LogP contribution >= 0.6 is 15.9 Å². The van der Waals surface area contributed by atoms with Crippen molar-refractivity contribution in [1.82, 2.24) is 0 Å². The van der Waals surface area contributed by atoms with Crippen LogP contribution in [0.25, 0.3) is 0 Å². The van der Waals surface area contributed by atoms with Gasteiger partial charge in [0.2, 0.25) is 10.0 Å². The Kier molecular flexibility index (Phi) is 3.92. The lowest BCUT2D eigenvalue weighted by atomic mass is 10.3. The number of halogens is 1. The summed E-state index contributed by atoms with van der Waals surface area (Å²) in [6.07, 6.45) is -0.186. The van der Waals surface area contributed by atoms with Crippen LogP contribution in [-0.2, 0) is 19.9 Å². The monoisotopic (exact) mass is 369 g/mol. The minimum atomic E-state index is -3.93. The zero-order chi connectivity index (χ0) is 14.3. The molecule has 0 aromatic heterocycles. The van der Waals surface area contributed by atoms with Crippen LogP contribution in [0.2, 0.25) is 0 Å². The van der Waals surface area contributed by atoms with Crippen LogP contribution in [0.3, 0.4) is 0 Å². The predicted molar refractivity (Wildman–Crippen MR) is 73.2 cm³/mol. The first-order valence-corrected chi connectivity index (χ1v) is 9.53. The molecule has 0 aliphatic carbocycles. The second-order valence-corrected chi connectivity index (χ2v) is 8.95. The van der Waals surface area contributed by atoms with Gasteiger partial charge in [0.15, 0.2) is 9.84 Å². The second kappa shape index (κ2) is 5.04. The van der Waals surface area contributed by atoms with Gasteiger partial charge in [0, 0.05) is 4.47 Å². The summed E-state index contributed by atoms with van der Waals surface area (Å²) in [7, 11) is -7.02. The number of benzene rings is 1. The van der Waals surface area contributed by atoms with Gasteiger partial charge in [-0.3, -0.25) is 0 Å². The molecule has 6 nitrogen and oxygen atoms in total. The summed E-state index contributed by atoms with van der Waals surface area (Å²) in [5.41, 5.74) is 0. The Morgan fingerprint density at radius 2 is 2.05 bits per heavy atom. The Bertz CT molecular complexity index is 699. The molecular weight excluding hydrogens is 358 g/mol. The molecule has 0 bridgehead atoms. The van der Waals surface area contributed by atoms with E-state index < -0.39 is 26.0 Å². The van der Waals surface area contributed by atoms with Crippen molar-refractivity contribution in [1.29, 1.82) is 0 Å². The zero-order valence-corrected chi connectivity index (χ0v) is 13.0. The Morgan fingerprint density at radius 3 is 2.58 bits per heavy atom. The van der Waals surface area contributed by atoms with Crippen molar-refractivity contribution in [3.63, 3.8) is 0 Å². The van der Waals surface area contributed by atoms with E-state index in [2.05, 4.69) is 15.9 Å². The minimum Gasteiger partial charge on any atom is -0.488 e. The fourth-order valence-corrected chi connectivity index (χ4v) is 4.63. The van der Waals surface area contributed by atoms with Crippen molar-refractivity contribution in [2.45, 2.75) is 17.4 Å². The van der Waals surface area contributed by atoms with Crippen LogP contribution < -0.4 is 9.88 Å². The maximum Gasteiger partial charge on any atom is 0.241 e. The van der Waals surface area contributed by atoms with Crippen LogP contribution in [0.4, 0.5) is 0 Å². The fourth-order valence-electron chi connectivity index (χ4n) is 1.84. The van der Waals surface area contributed by atoms with Crippen LogP contribution in [0.5, 0.6) is 5.75 Å². The highest BCUT2D eigenvalue weighted by atomic mass is 79.9. The Hall–Kier alpha value is -0.640. The van der Waals surface area contributed by atoms with Crippen LogP contribution in [0.1, 0.15) is 6.42 Å². The van der Waals surface area contributed by atoms with E-state index in [1.165, 1.54) is 12.1 Å². The molecule has 1 unspecified atom stereocenters. The molecule has 1 aromatic carbocycles. The predicted octanol–water partition coefficient (Wildman–Crippen LogP) is 0.662. The Balaban J connectivity index is 2.31. The van der Waals surface area contributed by atoms with E-state index in [4.69, 9.17) is 9.88 Å². The Morgan fingerprint density at radius 1 is 1.37 bits per heavy atom. The van der Waals surface area contributed by atoms with Gasteiger partial charge in [0.1, 0.15) is 16.7 Å². The summed E-state index contributed by atoms with van der Waals surface area (Å²) in [6, 6.07) is 4.39. The van der Waals surface area contributed by atoms with Gasteiger partial charge in [-0.1, -0.05) is 15.9 Å². The van der Waals surface area contributed by atoms with Crippen molar-refractivity contribution in [2.24, 2.45) is 5.14 Å². The van der Waals surface area contributed by atoms with Crippen molar-refractivity contribution in [3.05, 3.63) is 22.7 Å². The summed E-state index contributed by atoms with van der Waals surface area (Å²) in [5.74, 6) is 0.0271. The number of ether oxygens (including phenoxy) is 1. The maximum absolute atomic E-state index is 11.5. The second-order valence-electron chi connectivity index (χ2n) is 4.28. The summed E-state index contributed by atoms with van der Waals surface area (Å²) < 4.78 is 51.6. The summed E-state index contributed by atoms with van der Waals surface area (Å²) in [4.78, 5) is -0.161. The molecule has 0 saturated carbocycles. The van der Waals surface area contributed by atoms with E-state index >= 15 is 0 Å². The molecule has 1 aromatic rings. The standard InChI is InChI=1S/C10H12BrNO5S2/c11-7-1-2-9(10(5-7)19(12,15)16)17-8-3-4-18(13,14)6-8/h1-2,5,8H,3-4,6H2,(H2,12,15,16). The topological polar surface area (TPSA) is 104 Å². The number of sulfone groups is 1. The van der Waals surface area contributed by atoms with Gasteiger partial charge >= 0.3 is 0 Å². The molecular formula is C10H12BrNO5S2. The quantitative estimate of drug-likeness (QED) is 0.842. The first kappa shape index (κ1) is 14.8. The molecule has 1 saturated heterocycles. The number of sulfonamides is 1. The summed E-state index contributed by atoms with van der Waals surface area (Å²) in [6.45, 7) is 0. The molecule has 2 rings (SSSR count). The largest absolute Gasteiger partial charge is 0.488 e. The SMILES string of the molecule is NS(=O)(=O)c1cc(Br)ccc1OC1CCS(=O)(=O)C1. The van der Waals surface area contributed by atoms with Gasteiger partial charge in [0.25, 0.3) is 0 Å². The molecule has 0 radical (unpaired) electrons. The molecule has 1 heterocycles. The molecule has 19 heavy (non-hydrogen) atoms. The van der Waals surface area contributed by atoms with Gasteiger partial charge < -0.3 is 4.74 Å². The molecule has 1 fully saturated rings. The Labute approximate surface area is 120 Å². The third-order valence-corrected chi connectivity index (χ3v) is 5.86. The van der Waals surface area contributed by atoms with E-state index in [-0.39, 0.29) is 22.2 Å². The molecule has 1 atom stereocenters. The average Bonchev–Trinajstić information content (AvgIpc) is 2.59. The lowest BCUT2D eigenvalue weighted by Crippen LogP contribution is -2.20. The highest BCUT2D eigenvalue weighted by Gasteiger charge is 2.30. The maximum atomic E-state index is 11.5. The van der Waals surface area contributed by atoms with Gasteiger partial charge in [-0.2, -0.15) is 0 Å². The summed E-state index contributed by atoms with van der Waals surface area (Å²) in [5, 5.41) is 5.11. The first-order valence-electron chi connectivity index (χ1n) is 5.37. The van der Waals surface area contributed by atoms with Crippen molar-refractivity contribution in [3.8, 4) is 5.75 Å². The minimum absolute atomic E-state index is 0.0545. The van der Waals surface area contributed by atoms with Gasteiger partial charge in [-0.25, -0.2) is 22.0 Å². The number of rotatable bonds is 3. The third kappa shape index (κ3) is 3.68. The van der Waals surface area contributed by atoms with E-state index in [9.17, 15) is 16.8 Å². The number of nitrogens with two attached hydrogens (primary N) is 1. The highest BCUT2D eigenvalue weighted by Crippen LogP contribution is 2.29. The molecule has 0 amide bonds. The van der Waals surface area contributed by atoms with Gasteiger partial charge in [0.05, 0.1) is 11.5 Å². The molecule has 1 aliphatic rings. The number of hydrogen-bond acceptors (Lipinski definition) is 5. The molecule has 9 heteroatoms. The zero-order valence-electron chi connectivity index (χ0n) is 9.74. The molecule has 106 valence electrons.